The van der Waals surface area contributed by atoms with Crippen molar-refractivity contribution in [2.75, 3.05) is 0 Å². The van der Waals surface area contributed by atoms with Crippen molar-refractivity contribution in [3.05, 3.63) is 42.1 Å². The zero-order chi connectivity index (χ0) is 14.7. The highest BCUT2D eigenvalue weighted by Crippen LogP contribution is 2.39. The van der Waals surface area contributed by atoms with Crippen LogP contribution in [0.1, 0.15) is 57.4 Å². The molecule has 0 bridgehead atoms. The Kier molecular flexibility index (Phi) is 4.25. The molecule has 1 saturated carbocycles. The molecule has 2 unspecified atom stereocenters. The molecule has 1 N–H and O–H groups in total. The van der Waals surface area contributed by atoms with Crippen molar-refractivity contribution in [2.24, 2.45) is 5.92 Å². The standard InChI is InChI=1S/C19H25NO/c1-2-5-15-6-3-11-19(21,12-10-15)17-8-9-18-16(14-17)7-4-13-20-18/h4,7-9,13-15,21H,2-3,5-6,10-12H2,1H3. The maximum absolute atomic E-state index is 11.1. The minimum atomic E-state index is -0.646. The van der Waals surface area contributed by atoms with Gasteiger partial charge in [0.2, 0.25) is 0 Å². The van der Waals surface area contributed by atoms with Crippen LogP contribution in [0, 0.1) is 5.92 Å². The number of rotatable bonds is 3. The fourth-order valence-corrected chi connectivity index (χ4v) is 3.75. The molecule has 1 heterocycles. The lowest BCUT2D eigenvalue weighted by molar-refractivity contribution is 0.0197. The monoisotopic (exact) mass is 283 g/mol. The first-order valence-corrected chi connectivity index (χ1v) is 8.29. The van der Waals surface area contributed by atoms with E-state index in [4.69, 9.17) is 0 Å². The number of nitrogens with zero attached hydrogens (tertiary/aromatic N) is 1. The topological polar surface area (TPSA) is 33.1 Å². The first-order chi connectivity index (χ1) is 10.2. The zero-order valence-corrected chi connectivity index (χ0v) is 12.9. The molecule has 0 saturated heterocycles. The van der Waals surface area contributed by atoms with Crippen molar-refractivity contribution in [1.29, 1.82) is 0 Å². The van der Waals surface area contributed by atoms with Crippen LogP contribution < -0.4 is 0 Å². The van der Waals surface area contributed by atoms with E-state index in [9.17, 15) is 5.11 Å². The number of pyridine rings is 1. The second-order valence-electron chi connectivity index (χ2n) is 6.53. The summed E-state index contributed by atoms with van der Waals surface area (Å²) in [5.41, 5.74) is 1.43. The van der Waals surface area contributed by atoms with E-state index in [2.05, 4.69) is 30.1 Å². The van der Waals surface area contributed by atoms with Gasteiger partial charge in [-0.3, -0.25) is 4.98 Å². The van der Waals surface area contributed by atoms with E-state index in [1.54, 1.807) is 0 Å². The molecule has 2 heteroatoms. The van der Waals surface area contributed by atoms with Crippen molar-refractivity contribution in [3.8, 4) is 0 Å². The molecule has 0 radical (unpaired) electrons. The number of hydrogen-bond acceptors (Lipinski definition) is 2. The Morgan fingerprint density at radius 2 is 2.14 bits per heavy atom. The normalized spacial score (nSPS) is 26.7. The van der Waals surface area contributed by atoms with Crippen LogP contribution in [0.25, 0.3) is 10.9 Å². The SMILES string of the molecule is CCCC1CCCC(O)(c2ccc3ncccc3c2)CC1. The van der Waals surface area contributed by atoms with E-state index in [0.29, 0.717) is 0 Å². The van der Waals surface area contributed by atoms with Crippen LogP contribution >= 0.6 is 0 Å². The van der Waals surface area contributed by atoms with Crippen LogP contribution in [-0.2, 0) is 5.60 Å². The van der Waals surface area contributed by atoms with Crippen molar-refractivity contribution < 1.29 is 5.11 Å². The van der Waals surface area contributed by atoms with Crippen molar-refractivity contribution >= 4 is 10.9 Å². The molecular formula is C19H25NO. The Morgan fingerprint density at radius 3 is 3.00 bits per heavy atom. The minimum absolute atomic E-state index is 0.646. The second-order valence-corrected chi connectivity index (χ2v) is 6.53. The van der Waals surface area contributed by atoms with Gasteiger partial charge in [0.25, 0.3) is 0 Å². The Balaban J connectivity index is 1.85. The highest BCUT2D eigenvalue weighted by molar-refractivity contribution is 5.79. The highest BCUT2D eigenvalue weighted by atomic mass is 16.3. The lowest BCUT2D eigenvalue weighted by Crippen LogP contribution is -2.24. The molecule has 21 heavy (non-hydrogen) atoms. The van der Waals surface area contributed by atoms with Gasteiger partial charge in [0.15, 0.2) is 0 Å². The predicted molar refractivity (Wildman–Crippen MR) is 87.1 cm³/mol. The van der Waals surface area contributed by atoms with Gasteiger partial charge in [-0.25, -0.2) is 0 Å². The smallest absolute Gasteiger partial charge is 0.0896 e. The van der Waals surface area contributed by atoms with Crippen molar-refractivity contribution in [2.45, 2.75) is 57.5 Å². The molecule has 1 fully saturated rings. The molecule has 1 aromatic carbocycles. The third-order valence-corrected chi connectivity index (χ3v) is 5.01. The highest BCUT2D eigenvalue weighted by Gasteiger charge is 2.32. The first-order valence-electron chi connectivity index (χ1n) is 8.29. The van der Waals surface area contributed by atoms with Crippen molar-refractivity contribution in [3.63, 3.8) is 0 Å². The molecule has 1 aliphatic carbocycles. The average molecular weight is 283 g/mol. The van der Waals surface area contributed by atoms with Crippen molar-refractivity contribution in [1.82, 2.24) is 4.98 Å². The van der Waals surface area contributed by atoms with E-state index in [0.717, 1.165) is 48.1 Å². The first kappa shape index (κ1) is 14.5. The molecule has 1 aliphatic rings. The third-order valence-electron chi connectivity index (χ3n) is 5.01. The van der Waals surface area contributed by atoms with Gasteiger partial charge in [0, 0.05) is 11.6 Å². The molecular weight excluding hydrogens is 258 g/mol. The molecule has 0 amide bonds. The number of hydrogen-bond donors (Lipinski definition) is 1. The minimum Gasteiger partial charge on any atom is -0.385 e. The molecule has 2 atom stereocenters. The molecule has 1 aromatic heterocycles. The van der Waals surface area contributed by atoms with Gasteiger partial charge in [-0.15, -0.1) is 0 Å². The summed E-state index contributed by atoms with van der Waals surface area (Å²) in [6, 6.07) is 10.3. The number of aromatic nitrogens is 1. The van der Waals surface area contributed by atoms with Crippen LogP contribution in [0.2, 0.25) is 0 Å². The number of fused-ring (bicyclic) bond motifs is 1. The molecule has 3 rings (SSSR count). The zero-order valence-electron chi connectivity index (χ0n) is 12.9. The van der Waals surface area contributed by atoms with Gasteiger partial charge in [-0.2, -0.15) is 0 Å². The van der Waals surface area contributed by atoms with Crippen LogP contribution in [0.5, 0.6) is 0 Å². The fraction of sp³-hybridized carbons (Fsp3) is 0.526. The molecule has 2 aromatic rings. The second kappa shape index (κ2) is 6.15. The largest absolute Gasteiger partial charge is 0.385 e. The maximum Gasteiger partial charge on any atom is 0.0896 e. The summed E-state index contributed by atoms with van der Waals surface area (Å²) in [5.74, 6) is 0.797. The average Bonchev–Trinajstić information content (AvgIpc) is 2.70. The molecule has 0 spiro atoms. The summed E-state index contributed by atoms with van der Waals surface area (Å²) in [4.78, 5) is 4.36. The predicted octanol–water partition coefficient (Wildman–Crippen LogP) is 4.80. The van der Waals surface area contributed by atoms with Crippen LogP contribution in [0.15, 0.2) is 36.5 Å². The van der Waals surface area contributed by atoms with Gasteiger partial charge >= 0.3 is 0 Å². The number of benzene rings is 1. The van der Waals surface area contributed by atoms with E-state index in [1.807, 2.05) is 18.3 Å². The number of aliphatic hydroxyl groups is 1. The van der Waals surface area contributed by atoms with E-state index >= 15 is 0 Å². The van der Waals surface area contributed by atoms with Gasteiger partial charge in [0.1, 0.15) is 0 Å². The summed E-state index contributed by atoms with van der Waals surface area (Å²) in [6.07, 6.45) is 9.70. The third kappa shape index (κ3) is 3.11. The maximum atomic E-state index is 11.1. The Bertz CT molecular complexity index is 609. The van der Waals surface area contributed by atoms with Gasteiger partial charge in [-0.1, -0.05) is 38.3 Å². The van der Waals surface area contributed by atoms with Gasteiger partial charge in [-0.05, 0) is 55.4 Å². The Labute approximate surface area is 127 Å². The molecule has 2 nitrogen and oxygen atoms in total. The molecule has 112 valence electrons. The quantitative estimate of drug-likeness (QED) is 0.821. The Morgan fingerprint density at radius 1 is 1.24 bits per heavy atom. The van der Waals surface area contributed by atoms with Gasteiger partial charge in [0.05, 0.1) is 11.1 Å². The summed E-state index contributed by atoms with van der Waals surface area (Å²) in [6.45, 7) is 2.26. The van der Waals surface area contributed by atoms with Crippen LogP contribution in [0.4, 0.5) is 0 Å². The van der Waals surface area contributed by atoms with Crippen LogP contribution in [-0.4, -0.2) is 10.1 Å². The molecule has 0 aliphatic heterocycles. The lowest BCUT2D eigenvalue weighted by atomic mass is 9.85. The summed E-state index contributed by atoms with van der Waals surface area (Å²) >= 11 is 0. The fourth-order valence-electron chi connectivity index (χ4n) is 3.75. The van der Waals surface area contributed by atoms with E-state index in [-0.39, 0.29) is 0 Å². The summed E-state index contributed by atoms with van der Waals surface area (Å²) in [5, 5.41) is 12.3. The van der Waals surface area contributed by atoms with Gasteiger partial charge < -0.3 is 5.11 Å². The lowest BCUT2D eigenvalue weighted by Gasteiger charge is -2.27. The Hall–Kier alpha value is -1.41. The summed E-state index contributed by atoms with van der Waals surface area (Å²) in [7, 11) is 0. The van der Waals surface area contributed by atoms with Crippen LogP contribution in [0.3, 0.4) is 0 Å². The van der Waals surface area contributed by atoms with E-state index in [1.165, 1.54) is 19.3 Å². The van der Waals surface area contributed by atoms with E-state index < -0.39 is 5.60 Å². The summed E-state index contributed by atoms with van der Waals surface area (Å²) < 4.78 is 0.